The van der Waals surface area contributed by atoms with Gasteiger partial charge in [0.15, 0.2) is 0 Å². The lowest BCUT2D eigenvalue weighted by molar-refractivity contribution is 0.626. The van der Waals surface area contributed by atoms with Crippen LogP contribution in [0.2, 0.25) is 0 Å². The van der Waals surface area contributed by atoms with Gasteiger partial charge >= 0.3 is 0 Å². The highest BCUT2D eigenvalue weighted by molar-refractivity contribution is 7.98. The Morgan fingerprint density at radius 3 is 2.71 bits per heavy atom. The molecular weight excluding hydrogens is 233 g/mol. The van der Waals surface area contributed by atoms with Crippen LogP contribution in [-0.4, -0.2) is 0 Å². The Hall–Kier alpha value is -1.48. The molecule has 0 saturated carbocycles. The summed E-state index contributed by atoms with van der Waals surface area (Å²) in [4.78, 5) is 1.13. The number of aryl methyl sites for hydroxylation is 1. The minimum Gasteiger partial charge on any atom is -0.399 e. The summed E-state index contributed by atoms with van der Waals surface area (Å²) in [6, 6.07) is 12.7. The molecule has 0 aliphatic heterocycles. The fraction of sp³-hybridized carbons (Fsp3) is 0.143. The van der Waals surface area contributed by atoms with Crippen LogP contribution in [0.15, 0.2) is 47.4 Å². The number of halogens is 1. The first-order chi connectivity index (χ1) is 8.15. The highest BCUT2D eigenvalue weighted by Crippen LogP contribution is 2.25. The molecule has 0 aromatic heterocycles. The zero-order chi connectivity index (χ0) is 12.3. The van der Waals surface area contributed by atoms with Crippen molar-refractivity contribution in [3.63, 3.8) is 0 Å². The van der Waals surface area contributed by atoms with E-state index in [4.69, 9.17) is 5.73 Å². The van der Waals surface area contributed by atoms with E-state index >= 15 is 0 Å². The van der Waals surface area contributed by atoms with Crippen molar-refractivity contribution in [2.24, 2.45) is 0 Å². The van der Waals surface area contributed by atoms with Gasteiger partial charge < -0.3 is 5.73 Å². The van der Waals surface area contributed by atoms with Crippen LogP contribution in [0.1, 0.15) is 11.1 Å². The summed E-state index contributed by atoms with van der Waals surface area (Å²) in [6.45, 7) is 1.93. The van der Waals surface area contributed by atoms with Gasteiger partial charge in [-0.25, -0.2) is 4.39 Å². The van der Waals surface area contributed by atoms with Gasteiger partial charge in [-0.2, -0.15) is 0 Å². The quantitative estimate of drug-likeness (QED) is 0.655. The number of rotatable bonds is 3. The van der Waals surface area contributed by atoms with Gasteiger partial charge in [-0.05, 0) is 48.4 Å². The van der Waals surface area contributed by atoms with E-state index in [0.29, 0.717) is 0 Å². The van der Waals surface area contributed by atoms with Crippen LogP contribution >= 0.6 is 11.8 Å². The third kappa shape index (κ3) is 3.24. The molecule has 2 aromatic carbocycles. The SMILES string of the molecule is Cc1cc(F)ccc1CSc1cccc(N)c1. The minimum absolute atomic E-state index is 0.180. The maximum Gasteiger partial charge on any atom is 0.123 e. The lowest BCUT2D eigenvalue weighted by atomic mass is 10.1. The maximum atomic E-state index is 12.9. The van der Waals surface area contributed by atoms with Crippen LogP contribution < -0.4 is 5.73 Å². The summed E-state index contributed by atoms with van der Waals surface area (Å²) in [5, 5.41) is 0. The van der Waals surface area contributed by atoms with E-state index in [2.05, 4.69) is 0 Å². The number of thioether (sulfide) groups is 1. The molecule has 2 aromatic rings. The fourth-order valence-electron chi connectivity index (χ4n) is 1.59. The lowest BCUT2D eigenvalue weighted by Crippen LogP contribution is -1.88. The summed E-state index contributed by atoms with van der Waals surface area (Å²) in [5.41, 5.74) is 8.62. The van der Waals surface area contributed by atoms with Gasteiger partial charge in [0.2, 0.25) is 0 Å². The van der Waals surface area contributed by atoms with E-state index in [9.17, 15) is 4.39 Å². The predicted molar refractivity (Wildman–Crippen MR) is 71.6 cm³/mol. The second-order valence-electron chi connectivity index (χ2n) is 3.93. The van der Waals surface area contributed by atoms with Crippen molar-refractivity contribution in [3.8, 4) is 0 Å². The van der Waals surface area contributed by atoms with Crippen molar-refractivity contribution in [1.82, 2.24) is 0 Å². The first kappa shape index (κ1) is 12.0. The van der Waals surface area contributed by atoms with Gasteiger partial charge in [0.05, 0.1) is 0 Å². The van der Waals surface area contributed by atoms with Crippen LogP contribution in [0.5, 0.6) is 0 Å². The summed E-state index contributed by atoms with van der Waals surface area (Å²) >= 11 is 1.71. The Morgan fingerprint density at radius 2 is 2.00 bits per heavy atom. The average molecular weight is 247 g/mol. The Labute approximate surface area is 105 Å². The molecule has 2 rings (SSSR count). The number of anilines is 1. The minimum atomic E-state index is -0.180. The van der Waals surface area contributed by atoms with Gasteiger partial charge in [-0.15, -0.1) is 11.8 Å². The summed E-state index contributed by atoms with van der Waals surface area (Å²) in [5.74, 6) is 0.649. The molecule has 0 amide bonds. The third-order valence-electron chi connectivity index (χ3n) is 2.56. The average Bonchev–Trinajstić information content (AvgIpc) is 2.28. The second kappa shape index (κ2) is 5.23. The van der Waals surface area contributed by atoms with Crippen LogP contribution in [0, 0.1) is 12.7 Å². The Morgan fingerprint density at radius 1 is 1.18 bits per heavy atom. The topological polar surface area (TPSA) is 26.0 Å². The molecule has 0 fully saturated rings. The molecule has 0 unspecified atom stereocenters. The van der Waals surface area contributed by atoms with Crippen molar-refractivity contribution in [2.75, 3.05) is 5.73 Å². The van der Waals surface area contributed by atoms with Gasteiger partial charge in [0, 0.05) is 16.3 Å². The molecule has 0 radical (unpaired) electrons. The highest BCUT2D eigenvalue weighted by atomic mass is 32.2. The highest BCUT2D eigenvalue weighted by Gasteiger charge is 2.01. The summed E-state index contributed by atoms with van der Waals surface area (Å²) < 4.78 is 12.9. The molecule has 0 atom stereocenters. The van der Waals surface area contributed by atoms with Gasteiger partial charge in [-0.3, -0.25) is 0 Å². The van der Waals surface area contributed by atoms with E-state index in [-0.39, 0.29) is 5.82 Å². The van der Waals surface area contributed by atoms with Crippen molar-refractivity contribution in [2.45, 2.75) is 17.6 Å². The molecular formula is C14H14FNS. The standard InChI is InChI=1S/C14H14FNS/c1-10-7-12(15)6-5-11(10)9-17-14-4-2-3-13(16)8-14/h2-8H,9,16H2,1H3. The molecule has 0 aliphatic rings. The molecule has 0 spiro atoms. The Balaban J connectivity index is 2.07. The zero-order valence-electron chi connectivity index (χ0n) is 9.61. The van der Waals surface area contributed by atoms with Crippen molar-refractivity contribution >= 4 is 17.4 Å². The third-order valence-corrected chi connectivity index (χ3v) is 3.60. The van der Waals surface area contributed by atoms with Gasteiger partial charge in [0.1, 0.15) is 5.82 Å². The molecule has 0 saturated heterocycles. The van der Waals surface area contributed by atoms with Crippen molar-refractivity contribution in [1.29, 1.82) is 0 Å². The van der Waals surface area contributed by atoms with E-state index in [1.54, 1.807) is 17.8 Å². The lowest BCUT2D eigenvalue weighted by Gasteiger charge is -2.06. The molecule has 2 N–H and O–H groups in total. The molecule has 88 valence electrons. The predicted octanol–water partition coefficient (Wildman–Crippen LogP) is 4.01. The molecule has 17 heavy (non-hydrogen) atoms. The van der Waals surface area contributed by atoms with Crippen molar-refractivity contribution in [3.05, 3.63) is 59.4 Å². The first-order valence-corrected chi connectivity index (χ1v) is 6.37. The molecule has 1 nitrogen and oxygen atoms in total. The molecule has 0 heterocycles. The number of nitrogens with two attached hydrogens (primary N) is 1. The fourth-order valence-corrected chi connectivity index (χ4v) is 2.63. The van der Waals surface area contributed by atoms with Gasteiger partial charge in [-0.1, -0.05) is 12.1 Å². The van der Waals surface area contributed by atoms with Crippen LogP contribution in [0.25, 0.3) is 0 Å². The van der Waals surface area contributed by atoms with Crippen LogP contribution in [-0.2, 0) is 5.75 Å². The largest absolute Gasteiger partial charge is 0.399 e. The Bertz CT molecular complexity index is 525. The van der Waals surface area contributed by atoms with E-state index in [1.165, 1.54) is 6.07 Å². The zero-order valence-corrected chi connectivity index (χ0v) is 10.4. The normalized spacial score (nSPS) is 10.5. The molecule has 3 heteroatoms. The summed E-state index contributed by atoms with van der Waals surface area (Å²) in [6.07, 6.45) is 0. The first-order valence-electron chi connectivity index (χ1n) is 5.38. The summed E-state index contributed by atoms with van der Waals surface area (Å²) in [7, 11) is 0. The van der Waals surface area contributed by atoms with E-state index in [0.717, 1.165) is 27.5 Å². The number of nitrogen functional groups attached to an aromatic ring is 1. The monoisotopic (exact) mass is 247 g/mol. The second-order valence-corrected chi connectivity index (χ2v) is 4.98. The van der Waals surface area contributed by atoms with Crippen molar-refractivity contribution < 1.29 is 4.39 Å². The maximum absolute atomic E-state index is 12.9. The Kier molecular flexibility index (Phi) is 3.69. The molecule has 0 bridgehead atoms. The number of hydrogen-bond donors (Lipinski definition) is 1. The van der Waals surface area contributed by atoms with Crippen LogP contribution in [0.3, 0.4) is 0 Å². The van der Waals surface area contributed by atoms with E-state index in [1.807, 2.05) is 37.3 Å². The van der Waals surface area contributed by atoms with Gasteiger partial charge in [0.25, 0.3) is 0 Å². The van der Waals surface area contributed by atoms with Crippen LogP contribution in [0.4, 0.5) is 10.1 Å². The smallest absolute Gasteiger partial charge is 0.123 e. The number of hydrogen-bond acceptors (Lipinski definition) is 2. The van der Waals surface area contributed by atoms with E-state index < -0.39 is 0 Å². The molecule has 0 aliphatic carbocycles. The number of benzene rings is 2.